The maximum Gasteiger partial charge on any atom is 0.303 e. The Morgan fingerprint density at radius 2 is 1.66 bits per heavy atom. The average Bonchev–Trinajstić information content (AvgIpc) is 2.84. The third-order valence-electron chi connectivity index (χ3n) is 6.03. The van der Waals surface area contributed by atoms with Crippen molar-refractivity contribution in [3.8, 4) is 11.5 Å². The largest absolute Gasteiger partial charge is 0.481 e. The fraction of sp³-hybridized carbons (Fsp3) is 0.200. The number of hydrogen-bond donors (Lipinski definition) is 2. The van der Waals surface area contributed by atoms with Gasteiger partial charge < -0.3 is 15.2 Å². The molecule has 1 amide bonds. The molecule has 5 heteroatoms. The van der Waals surface area contributed by atoms with Crippen LogP contribution in [0.1, 0.15) is 52.9 Å². The van der Waals surface area contributed by atoms with Crippen molar-refractivity contribution in [2.75, 3.05) is 0 Å². The van der Waals surface area contributed by atoms with Crippen LogP contribution in [0.5, 0.6) is 11.5 Å². The van der Waals surface area contributed by atoms with E-state index in [1.807, 2.05) is 74.5 Å². The molecule has 0 saturated heterocycles. The molecule has 0 fully saturated rings. The highest BCUT2D eigenvalue weighted by molar-refractivity contribution is 5.97. The molecule has 178 valence electrons. The van der Waals surface area contributed by atoms with E-state index in [9.17, 15) is 9.59 Å². The summed E-state index contributed by atoms with van der Waals surface area (Å²) in [6.07, 6.45) is 0.990. The van der Waals surface area contributed by atoms with Crippen LogP contribution in [0.25, 0.3) is 10.8 Å². The average molecular weight is 468 g/mol. The van der Waals surface area contributed by atoms with Crippen LogP contribution in [0.2, 0.25) is 0 Å². The van der Waals surface area contributed by atoms with Crippen LogP contribution in [0.15, 0.2) is 84.9 Å². The van der Waals surface area contributed by atoms with Crippen molar-refractivity contribution >= 4 is 22.6 Å². The van der Waals surface area contributed by atoms with Crippen LogP contribution in [0.4, 0.5) is 0 Å². The lowest BCUT2D eigenvalue weighted by molar-refractivity contribution is -0.137. The highest BCUT2D eigenvalue weighted by Gasteiger charge is 2.18. The Hall–Kier alpha value is -4.12. The van der Waals surface area contributed by atoms with Crippen molar-refractivity contribution in [2.24, 2.45) is 0 Å². The predicted octanol–water partition coefficient (Wildman–Crippen LogP) is 6.84. The van der Waals surface area contributed by atoms with Gasteiger partial charge in [0, 0.05) is 12.0 Å². The van der Waals surface area contributed by atoms with Gasteiger partial charge in [-0.1, -0.05) is 60.7 Å². The van der Waals surface area contributed by atoms with Gasteiger partial charge in [-0.25, -0.2) is 0 Å². The lowest BCUT2D eigenvalue weighted by Gasteiger charge is -2.19. The Bertz CT molecular complexity index is 1360. The number of carboxylic acids is 1. The molecule has 1 atom stereocenters. The van der Waals surface area contributed by atoms with E-state index in [2.05, 4.69) is 23.5 Å². The molecule has 0 heterocycles. The number of rotatable bonds is 9. The maximum atomic E-state index is 13.5. The molecule has 4 aromatic rings. The van der Waals surface area contributed by atoms with Gasteiger partial charge in [0.15, 0.2) is 0 Å². The first-order valence-corrected chi connectivity index (χ1v) is 11.8. The number of amides is 1. The zero-order valence-corrected chi connectivity index (χ0v) is 20.0. The second-order valence-corrected chi connectivity index (χ2v) is 8.75. The smallest absolute Gasteiger partial charge is 0.303 e. The first-order valence-electron chi connectivity index (χ1n) is 11.8. The molecule has 0 radical (unpaired) electrons. The summed E-state index contributed by atoms with van der Waals surface area (Å²) in [7, 11) is 0. The Balaban J connectivity index is 1.61. The minimum Gasteiger partial charge on any atom is -0.481 e. The zero-order valence-electron chi connectivity index (χ0n) is 20.0. The number of carbonyl (C=O) groups excluding carboxylic acids is 1. The molecule has 0 aromatic heterocycles. The van der Waals surface area contributed by atoms with Crippen LogP contribution < -0.4 is 10.1 Å². The van der Waals surface area contributed by atoms with E-state index < -0.39 is 5.97 Å². The lowest BCUT2D eigenvalue weighted by atomic mass is 9.98. The predicted molar refractivity (Wildman–Crippen MR) is 138 cm³/mol. The van der Waals surface area contributed by atoms with Gasteiger partial charge in [0.05, 0.1) is 6.04 Å². The topological polar surface area (TPSA) is 75.6 Å². The quantitative estimate of drug-likeness (QED) is 0.283. The van der Waals surface area contributed by atoms with Gasteiger partial charge in [-0.2, -0.15) is 0 Å². The van der Waals surface area contributed by atoms with Gasteiger partial charge in [-0.05, 0) is 78.4 Å². The summed E-state index contributed by atoms with van der Waals surface area (Å²) in [5.74, 6) is 0.185. The first kappa shape index (κ1) is 24.0. The Morgan fingerprint density at radius 1 is 0.914 bits per heavy atom. The number of aliphatic carboxylic acids is 1. The molecule has 0 aliphatic carbocycles. The SMILES string of the molecule is Cc1cccc(Oc2ccc(CCCC(=O)O)c(C(=O)N[C@H](C)c3cccc4ccccc34)c2)c1. The van der Waals surface area contributed by atoms with E-state index in [4.69, 9.17) is 9.84 Å². The van der Waals surface area contributed by atoms with Crippen LogP contribution >= 0.6 is 0 Å². The fourth-order valence-electron chi connectivity index (χ4n) is 4.27. The molecule has 0 spiro atoms. The minimum atomic E-state index is -0.847. The third kappa shape index (κ3) is 6.07. The third-order valence-corrected chi connectivity index (χ3v) is 6.03. The van der Waals surface area contributed by atoms with E-state index in [0.717, 1.165) is 27.5 Å². The molecule has 4 aromatic carbocycles. The van der Waals surface area contributed by atoms with Gasteiger partial charge in [-0.15, -0.1) is 0 Å². The van der Waals surface area contributed by atoms with Gasteiger partial charge in [0.2, 0.25) is 0 Å². The molecule has 0 saturated carbocycles. The molecule has 0 aliphatic heterocycles. The molecular weight excluding hydrogens is 438 g/mol. The summed E-state index contributed by atoms with van der Waals surface area (Å²) in [5.41, 5.74) is 3.41. The van der Waals surface area contributed by atoms with Gasteiger partial charge in [-0.3, -0.25) is 9.59 Å². The molecular formula is C30H29NO4. The maximum absolute atomic E-state index is 13.5. The normalized spacial score (nSPS) is 11.7. The summed E-state index contributed by atoms with van der Waals surface area (Å²) >= 11 is 0. The molecule has 0 bridgehead atoms. The van der Waals surface area contributed by atoms with E-state index in [1.165, 1.54) is 0 Å². The number of fused-ring (bicyclic) bond motifs is 1. The van der Waals surface area contributed by atoms with E-state index in [1.54, 1.807) is 6.07 Å². The summed E-state index contributed by atoms with van der Waals surface area (Å²) in [5, 5.41) is 14.4. The van der Waals surface area contributed by atoms with Crippen molar-refractivity contribution in [3.63, 3.8) is 0 Å². The lowest BCUT2D eigenvalue weighted by Crippen LogP contribution is -2.27. The summed E-state index contributed by atoms with van der Waals surface area (Å²) in [6, 6.07) is 27.1. The van der Waals surface area contributed by atoms with Crippen LogP contribution in [0.3, 0.4) is 0 Å². The fourth-order valence-corrected chi connectivity index (χ4v) is 4.27. The van der Waals surface area contributed by atoms with Crippen molar-refractivity contribution in [3.05, 3.63) is 107 Å². The minimum absolute atomic E-state index is 0.0506. The van der Waals surface area contributed by atoms with Gasteiger partial charge in [0.1, 0.15) is 11.5 Å². The zero-order chi connectivity index (χ0) is 24.8. The Kier molecular flexibility index (Phi) is 7.46. The number of carboxylic acid groups (broad SMARTS) is 1. The summed E-state index contributed by atoms with van der Waals surface area (Å²) < 4.78 is 6.02. The Labute approximate surface area is 205 Å². The second kappa shape index (κ2) is 10.9. The molecule has 2 N–H and O–H groups in total. The highest BCUT2D eigenvalue weighted by Crippen LogP contribution is 2.28. The van der Waals surface area contributed by atoms with E-state index in [0.29, 0.717) is 29.9 Å². The Morgan fingerprint density at radius 3 is 2.46 bits per heavy atom. The van der Waals surface area contributed by atoms with Crippen molar-refractivity contribution in [1.29, 1.82) is 0 Å². The number of benzene rings is 4. The number of carbonyl (C=O) groups is 2. The molecule has 0 aliphatic rings. The first-order chi connectivity index (χ1) is 16.9. The van der Waals surface area contributed by atoms with E-state index >= 15 is 0 Å². The monoisotopic (exact) mass is 467 g/mol. The molecule has 35 heavy (non-hydrogen) atoms. The second-order valence-electron chi connectivity index (χ2n) is 8.75. The van der Waals surface area contributed by atoms with Gasteiger partial charge >= 0.3 is 5.97 Å². The van der Waals surface area contributed by atoms with Crippen LogP contribution in [-0.2, 0) is 11.2 Å². The highest BCUT2D eigenvalue weighted by atomic mass is 16.5. The molecule has 5 nitrogen and oxygen atoms in total. The number of hydrogen-bond acceptors (Lipinski definition) is 3. The molecule has 0 unspecified atom stereocenters. The number of nitrogens with one attached hydrogen (secondary N) is 1. The standard InChI is InChI=1S/C30H29NO4/c1-20-8-5-12-24(18-20)35-25-17-16-23(11-7-15-29(32)33)28(19-25)30(34)31-21(2)26-14-6-10-22-9-3-4-13-27(22)26/h3-6,8-10,12-14,16-19,21H,7,11,15H2,1-2H3,(H,31,34)(H,32,33)/t21-/m1/s1. The van der Waals surface area contributed by atoms with Crippen molar-refractivity contribution in [2.45, 2.75) is 39.2 Å². The summed E-state index contributed by atoms with van der Waals surface area (Å²) in [6.45, 7) is 3.96. The molecule has 4 rings (SSSR count). The number of aryl methyl sites for hydroxylation is 2. The van der Waals surface area contributed by atoms with Crippen molar-refractivity contribution in [1.82, 2.24) is 5.32 Å². The van der Waals surface area contributed by atoms with E-state index in [-0.39, 0.29) is 18.4 Å². The summed E-state index contributed by atoms with van der Waals surface area (Å²) in [4.78, 5) is 24.5. The number of ether oxygens (including phenoxy) is 1. The van der Waals surface area contributed by atoms with Crippen molar-refractivity contribution < 1.29 is 19.4 Å². The van der Waals surface area contributed by atoms with Gasteiger partial charge in [0.25, 0.3) is 5.91 Å². The van der Waals surface area contributed by atoms with Crippen LogP contribution in [0, 0.1) is 6.92 Å². The van der Waals surface area contributed by atoms with Crippen LogP contribution in [-0.4, -0.2) is 17.0 Å².